The van der Waals surface area contributed by atoms with Gasteiger partial charge in [0.1, 0.15) is 0 Å². The van der Waals surface area contributed by atoms with Gasteiger partial charge >= 0.3 is 0 Å². The Labute approximate surface area is 163 Å². The summed E-state index contributed by atoms with van der Waals surface area (Å²) in [5.41, 5.74) is 3.79. The summed E-state index contributed by atoms with van der Waals surface area (Å²) in [7, 11) is 0. The fourth-order valence-electron chi connectivity index (χ4n) is 3.32. The van der Waals surface area contributed by atoms with Crippen molar-refractivity contribution in [2.24, 2.45) is 0 Å². The van der Waals surface area contributed by atoms with Crippen LogP contribution in [-0.4, -0.2) is 13.1 Å². The summed E-state index contributed by atoms with van der Waals surface area (Å²) in [4.78, 5) is 5.61. The normalized spacial score (nSPS) is 11.3. The van der Waals surface area contributed by atoms with Crippen LogP contribution in [0.5, 0.6) is 0 Å². The van der Waals surface area contributed by atoms with Crippen molar-refractivity contribution in [3.63, 3.8) is 0 Å². The number of aromatic nitrogens is 1. The van der Waals surface area contributed by atoms with Crippen LogP contribution >= 0.6 is 0 Å². The smallest absolute Gasteiger partial charge is 0.167 e. The Bertz CT molecular complexity index is 860. The van der Waals surface area contributed by atoms with Crippen LogP contribution in [0.4, 0.5) is 5.69 Å². The number of H-pyrrole nitrogens is 1. The quantitative estimate of drug-likeness (QED) is 0.442. The molecule has 1 aromatic heterocycles. The molecule has 1 N–H and O–H groups in total. The van der Waals surface area contributed by atoms with Crippen molar-refractivity contribution in [3.05, 3.63) is 72.1 Å². The molecule has 3 rings (SSSR count). The Kier molecular flexibility index (Phi) is 7.04. The summed E-state index contributed by atoms with van der Waals surface area (Å²) in [5, 5.41) is 2.62. The van der Waals surface area contributed by atoms with Crippen molar-refractivity contribution in [1.29, 1.82) is 0 Å². The summed E-state index contributed by atoms with van der Waals surface area (Å²) in [6.45, 7) is 6.83. The Morgan fingerprint density at radius 2 is 1.37 bits per heavy atom. The maximum Gasteiger partial charge on any atom is 0.167 e. The maximum atomic E-state index is 3.06. The molecule has 0 aliphatic heterocycles. The van der Waals surface area contributed by atoms with Gasteiger partial charge in [-0.2, -0.15) is 0 Å². The van der Waals surface area contributed by atoms with Gasteiger partial charge in [-0.05, 0) is 52.9 Å². The van der Waals surface area contributed by atoms with Crippen LogP contribution in [0.1, 0.15) is 50.7 Å². The van der Waals surface area contributed by atoms with E-state index in [9.17, 15) is 0 Å². The third-order valence-corrected chi connectivity index (χ3v) is 4.99. The lowest BCUT2D eigenvalue weighted by Crippen LogP contribution is -2.25. The lowest BCUT2D eigenvalue weighted by molar-refractivity contribution is -0.378. The first-order chi connectivity index (χ1) is 13.3. The number of aromatic amines is 1. The minimum Gasteiger partial charge on any atom is -0.372 e. The second-order valence-electron chi connectivity index (χ2n) is 7.15. The molecule has 0 saturated carbocycles. The Balaban J connectivity index is 1.80. The number of nitrogens with zero attached hydrogens (tertiary/aromatic N) is 1. The zero-order valence-electron chi connectivity index (χ0n) is 16.6. The lowest BCUT2D eigenvalue weighted by atomic mass is 10.0. The van der Waals surface area contributed by atoms with E-state index in [1.54, 1.807) is 0 Å². The monoisotopic (exact) mass is 359 g/mol. The van der Waals surface area contributed by atoms with Crippen LogP contribution in [0, 0.1) is 0 Å². The first kappa shape index (κ1) is 19.2. The number of fused-ring (bicyclic) bond motifs is 1. The minimum absolute atomic E-state index is 1.15. The van der Waals surface area contributed by atoms with Crippen molar-refractivity contribution in [2.75, 3.05) is 18.0 Å². The van der Waals surface area contributed by atoms with Gasteiger partial charge in [-0.3, -0.25) is 0 Å². The molecule has 0 aliphatic rings. The average molecular weight is 360 g/mol. The van der Waals surface area contributed by atoms with E-state index >= 15 is 0 Å². The van der Waals surface area contributed by atoms with E-state index in [4.69, 9.17) is 0 Å². The van der Waals surface area contributed by atoms with Crippen LogP contribution < -0.4 is 9.88 Å². The molecule has 2 heteroatoms. The minimum atomic E-state index is 1.15. The molecular weight excluding hydrogens is 328 g/mol. The number of rotatable bonds is 9. The van der Waals surface area contributed by atoms with Gasteiger partial charge in [0.15, 0.2) is 12.4 Å². The third kappa shape index (κ3) is 5.43. The molecule has 27 heavy (non-hydrogen) atoms. The molecule has 0 amide bonds. The Hall–Kier alpha value is -2.61. The van der Waals surface area contributed by atoms with Gasteiger partial charge in [0.2, 0.25) is 0 Å². The zero-order chi connectivity index (χ0) is 18.9. The van der Waals surface area contributed by atoms with E-state index in [-0.39, 0.29) is 0 Å². The van der Waals surface area contributed by atoms with Crippen molar-refractivity contribution in [1.82, 2.24) is 0 Å². The van der Waals surface area contributed by atoms with E-state index in [1.165, 1.54) is 53.3 Å². The van der Waals surface area contributed by atoms with E-state index in [0.29, 0.717) is 0 Å². The molecular formula is C25H31N2+. The first-order valence-corrected chi connectivity index (χ1v) is 10.2. The van der Waals surface area contributed by atoms with Gasteiger partial charge in [0.05, 0.1) is 0 Å². The number of unbranched alkanes of at least 4 members (excludes halogenated alkanes) is 2. The second-order valence-corrected chi connectivity index (χ2v) is 7.15. The third-order valence-electron chi connectivity index (χ3n) is 4.99. The second kappa shape index (κ2) is 9.91. The molecule has 0 spiro atoms. The molecule has 0 unspecified atom stereocenters. The molecule has 3 aromatic rings. The topological polar surface area (TPSA) is 17.4 Å². The molecule has 0 fully saturated rings. The standard InChI is InChI=1S/C25H30N2/c1-3-5-17-27(18-6-4-2)25-12-11-23-19-22(9-10-24(23)20-25)8-7-21-13-15-26-16-14-21/h7-16,19-20H,3-6,17-18H2,1-2H3/p+1/b8-7+. The molecule has 0 aliphatic carbocycles. The van der Waals surface area contributed by atoms with E-state index < -0.39 is 0 Å². The van der Waals surface area contributed by atoms with Crippen LogP contribution in [0.3, 0.4) is 0 Å². The fourth-order valence-corrected chi connectivity index (χ4v) is 3.32. The SMILES string of the molecule is CCCCN(CCCC)c1ccc2cc(/C=C/c3cc[nH+]cc3)ccc2c1. The molecule has 2 aromatic carbocycles. The predicted octanol–water partition coefficient (Wildman–Crippen LogP) is 6.23. The van der Waals surface area contributed by atoms with Gasteiger partial charge in [0.25, 0.3) is 0 Å². The fraction of sp³-hybridized carbons (Fsp3) is 0.320. The number of benzene rings is 2. The summed E-state index contributed by atoms with van der Waals surface area (Å²) >= 11 is 0. The average Bonchev–Trinajstić information content (AvgIpc) is 2.72. The Morgan fingerprint density at radius 3 is 2.07 bits per heavy atom. The van der Waals surface area contributed by atoms with Crippen LogP contribution in [0.2, 0.25) is 0 Å². The number of hydrogen-bond donors (Lipinski definition) is 0. The predicted molar refractivity (Wildman–Crippen MR) is 118 cm³/mol. The number of hydrogen-bond acceptors (Lipinski definition) is 1. The lowest BCUT2D eigenvalue weighted by Gasteiger charge is -2.25. The molecule has 2 nitrogen and oxygen atoms in total. The Morgan fingerprint density at radius 1 is 0.741 bits per heavy atom. The van der Waals surface area contributed by atoms with Gasteiger partial charge < -0.3 is 4.90 Å². The van der Waals surface area contributed by atoms with Crippen molar-refractivity contribution < 1.29 is 4.98 Å². The highest BCUT2D eigenvalue weighted by Gasteiger charge is 2.06. The summed E-state index contributed by atoms with van der Waals surface area (Å²) in [5.74, 6) is 0. The number of anilines is 1. The molecule has 0 atom stereocenters. The van der Waals surface area contributed by atoms with Gasteiger partial charge in [-0.25, -0.2) is 4.98 Å². The summed E-state index contributed by atoms with van der Waals surface area (Å²) in [6.07, 6.45) is 13.2. The van der Waals surface area contributed by atoms with Crippen LogP contribution in [0.25, 0.3) is 22.9 Å². The summed E-state index contributed by atoms with van der Waals surface area (Å²) < 4.78 is 0. The van der Waals surface area contributed by atoms with Crippen LogP contribution in [-0.2, 0) is 0 Å². The molecule has 1 heterocycles. The van der Waals surface area contributed by atoms with Crippen molar-refractivity contribution in [3.8, 4) is 0 Å². The van der Waals surface area contributed by atoms with E-state index in [0.717, 1.165) is 13.1 Å². The van der Waals surface area contributed by atoms with E-state index in [2.05, 4.69) is 84.4 Å². The van der Waals surface area contributed by atoms with Crippen LogP contribution in [0.15, 0.2) is 60.9 Å². The van der Waals surface area contributed by atoms with Gasteiger partial charge in [-0.15, -0.1) is 0 Å². The van der Waals surface area contributed by atoms with Crippen molar-refractivity contribution in [2.45, 2.75) is 39.5 Å². The van der Waals surface area contributed by atoms with E-state index in [1.807, 2.05) is 12.4 Å². The molecule has 0 saturated heterocycles. The van der Waals surface area contributed by atoms with Gasteiger partial charge in [0, 0.05) is 30.9 Å². The maximum absolute atomic E-state index is 3.06. The largest absolute Gasteiger partial charge is 0.372 e. The molecule has 140 valence electrons. The van der Waals surface area contributed by atoms with Gasteiger partial charge in [-0.1, -0.05) is 57.0 Å². The molecule has 0 radical (unpaired) electrons. The highest BCUT2D eigenvalue weighted by Crippen LogP contribution is 2.25. The van der Waals surface area contributed by atoms with Crippen molar-refractivity contribution >= 4 is 28.6 Å². The number of nitrogens with one attached hydrogen (secondary N) is 1. The highest BCUT2D eigenvalue weighted by molar-refractivity contribution is 5.88. The first-order valence-electron chi connectivity index (χ1n) is 10.2. The molecule has 0 bridgehead atoms. The summed E-state index contributed by atoms with van der Waals surface area (Å²) in [6, 6.07) is 17.8. The number of pyridine rings is 1. The highest BCUT2D eigenvalue weighted by atomic mass is 15.1. The zero-order valence-corrected chi connectivity index (χ0v) is 16.6.